The highest BCUT2D eigenvalue weighted by Crippen LogP contribution is 2.20. The Labute approximate surface area is 126 Å². The highest BCUT2D eigenvalue weighted by molar-refractivity contribution is 6.31. The molecule has 1 atom stereocenters. The molecule has 1 aliphatic heterocycles. The zero-order valence-corrected chi connectivity index (χ0v) is 12.7. The van der Waals surface area contributed by atoms with Crippen LogP contribution in [0.25, 0.3) is 5.73 Å². The third-order valence-electron chi connectivity index (χ3n) is 4.05. The first-order valence-corrected chi connectivity index (χ1v) is 7.69. The van der Waals surface area contributed by atoms with Gasteiger partial charge in [-0.1, -0.05) is 49.2 Å². The summed E-state index contributed by atoms with van der Waals surface area (Å²) in [7, 11) is 0. The monoisotopic (exact) mass is 293 g/mol. The summed E-state index contributed by atoms with van der Waals surface area (Å²) < 4.78 is 0. The van der Waals surface area contributed by atoms with E-state index in [-0.39, 0.29) is 5.91 Å². The van der Waals surface area contributed by atoms with E-state index < -0.39 is 6.04 Å². The number of nitrogens with one attached hydrogen (secondary N) is 1. The molecule has 0 aromatic heterocycles. The van der Waals surface area contributed by atoms with Gasteiger partial charge >= 0.3 is 0 Å². The second-order valence-electron chi connectivity index (χ2n) is 5.69. The Morgan fingerprint density at radius 2 is 2.05 bits per heavy atom. The molecule has 1 aromatic rings. The van der Waals surface area contributed by atoms with E-state index in [1.807, 2.05) is 29.2 Å². The normalized spacial score (nSPS) is 18.1. The Morgan fingerprint density at radius 3 is 2.70 bits per heavy atom. The first-order valence-electron chi connectivity index (χ1n) is 7.31. The molecule has 1 fully saturated rings. The van der Waals surface area contributed by atoms with Crippen molar-refractivity contribution in [3.63, 3.8) is 0 Å². The molecule has 3 nitrogen and oxygen atoms in total. The Morgan fingerprint density at radius 1 is 1.40 bits per heavy atom. The van der Waals surface area contributed by atoms with Gasteiger partial charge in [-0.25, -0.2) is 0 Å². The van der Waals surface area contributed by atoms with Crippen LogP contribution in [0.5, 0.6) is 0 Å². The molecule has 4 heteroatoms. The maximum absolute atomic E-state index is 12.2. The van der Waals surface area contributed by atoms with Gasteiger partial charge in [0.2, 0.25) is 5.91 Å². The van der Waals surface area contributed by atoms with E-state index in [1.54, 1.807) is 0 Å². The Hall–Kier alpha value is -1.06. The van der Waals surface area contributed by atoms with Crippen molar-refractivity contribution in [1.82, 2.24) is 4.90 Å². The van der Waals surface area contributed by atoms with Crippen molar-refractivity contribution >= 4 is 17.5 Å². The number of hydrogen-bond donors (Lipinski definition) is 0. The van der Waals surface area contributed by atoms with Crippen molar-refractivity contribution < 1.29 is 4.79 Å². The van der Waals surface area contributed by atoms with Gasteiger partial charge in [0.15, 0.2) is 0 Å². The number of carbonyl (C=O) groups is 1. The van der Waals surface area contributed by atoms with E-state index >= 15 is 0 Å². The first kappa shape index (κ1) is 15.3. The van der Waals surface area contributed by atoms with Gasteiger partial charge in [0.1, 0.15) is 0 Å². The van der Waals surface area contributed by atoms with Crippen LogP contribution in [0.15, 0.2) is 24.3 Å². The lowest BCUT2D eigenvalue weighted by Crippen LogP contribution is -2.42. The topological polar surface area (TPSA) is 44.1 Å². The molecule has 110 valence electrons. The molecule has 20 heavy (non-hydrogen) atoms. The molecule has 0 aliphatic carbocycles. The number of benzene rings is 1. The molecule has 0 bridgehead atoms. The maximum atomic E-state index is 12.2. The summed E-state index contributed by atoms with van der Waals surface area (Å²) in [6.45, 7) is 3.83. The number of likely N-dealkylation sites (tertiary alicyclic amines) is 1. The summed E-state index contributed by atoms with van der Waals surface area (Å²) in [5, 5.41) is 0.721. The Balaban J connectivity index is 1.84. The fourth-order valence-corrected chi connectivity index (χ4v) is 2.80. The summed E-state index contributed by atoms with van der Waals surface area (Å²) in [6, 6.07) is 6.98. The largest absolute Gasteiger partial charge is 0.667 e. The van der Waals surface area contributed by atoms with Gasteiger partial charge in [-0.3, -0.25) is 4.79 Å². The third-order valence-corrected chi connectivity index (χ3v) is 4.42. The van der Waals surface area contributed by atoms with Gasteiger partial charge in [-0.15, -0.1) is 0 Å². The average molecular weight is 294 g/mol. The summed E-state index contributed by atoms with van der Waals surface area (Å²) in [5.74, 6) is 0.676. The van der Waals surface area contributed by atoms with Crippen molar-refractivity contribution in [2.75, 3.05) is 13.1 Å². The summed E-state index contributed by atoms with van der Waals surface area (Å²) >= 11 is 6.10. The van der Waals surface area contributed by atoms with Crippen LogP contribution in [-0.4, -0.2) is 29.9 Å². The minimum absolute atomic E-state index is 0.0241. The predicted molar refractivity (Wildman–Crippen MR) is 82.9 cm³/mol. The molecule has 1 saturated heterocycles. The number of carbonyl (C=O) groups excluding carboxylic acids is 1. The molecule has 0 radical (unpaired) electrons. The highest BCUT2D eigenvalue weighted by Gasteiger charge is 2.21. The summed E-state index contributed by atoms with van der Waals surface area (Å²) in [6.07, 6.45) is 3.34. The zero-order valence-electron chi connectivity index (χ0n) is 11.9. The van der Waals surface area contributed by atoms with Gasteiger partial charge in [0.05, 0.1) is 0 Å². The smallest absolute Gasteiger partial charge is 0.204 e. The van der Waals surface area contributed by atoms with Crippen molar-refractivity contribution in [3.8, 4) is 0 Å². The molecule has 1 unspecified atom stereocenters. The lowest BCUT2D eigenvalue weighted by molar-refractivity contribution is -0.133. The Kier molecular flexibility index (Phi) is 5.44. The van der Waals surface area contributed by atoms with E-state index in [2.05, 4.69) is 6.92 Å². The number of rotatable bonds is 4. The van der Waals surface area contributed by atoms with Crippen LogP contribution in [0, 0.1) is 5.92 Å². The fraction of sp³-hybridized carbons (Fsp3) is 0.562. The molecule has 1 aliphatic rings. The number of nitrogens with zero attached hydrogens (tertiary/aromatic N) is 1. The molecular formula is C16H22ClN2O-. The average Bonchev–Trinajstić information content (AvgIpc) is 2.46. The van der Waals surface area contributed by atoms with E-state index in [9.17, 15) is 4.79 Å². The molecule has 1 aromatic carbocycles. The zero-order chi connectivity index (χ0) is 14.5. The molecule has 1 N–H and O–H groups in total. The molecule has 0 saturated carbocycles. The van der Waals surface area contributed by atoms with Crippen molar-refractivity contribution in [2.45, 2.75) is 38.6 Å². The molecule has 1 amide bonds. The quantitative estimate of drug-likeness (QED) is 0.829. The number of halogens is 1. The van der Waals surface area contributed by atoms with E-state index in [0.717, 1.165) is 36.5 Å². The van der Waals surface area contributed by atoms with Crippen molar-refractivity contribution in [3.05, 3.63) is 40.6 Å². The van der Waals surface area contributed by atoms with Crippen LogP contribution < -0.4 is 0 Å². The standard InChI is InChI=1S/C16H22ClN2O/c1-12-8-10-19(11-9-12)16(20)15(18)7-6-13-4-2-3-5-14(13)17/h2-5,12,15,18H,6-11H2,1H3/q-1. The lowest BCUT2D eigenvalue weighted by atomic mass is 9.98. The summed E-state index contributed by atoms with van der Waals surface area (Å²) in [5.41, 5.74) is 9.07. The predicted octanol–water partition coefficient (Wildman–Crippen LogP) is 3.95. The SMILES string of the molecule is CC1CCN(C(=O)C([NH-])CCc2ccccc2Cl)CC1. The second kappa shape index (κ2) is 7.09. The van der Waals surface area contributed by atoms with Gasteiger partial charge in [-0.2, -0.15) is 0 Å². The van der Waals surface area contributed by atoms with Crippen molar-refractivity contribution in [1.29, 1.82) is 0 Å². The van der Waals surface area contributed by atoms with Gasteiger partial charge < -0.3 is 10.6 Å². The van der Waals surface area contributed by atoms with Crippen LogP contribution >= 0.6 is 11.6 Å². The minimum atomic E-state index is -0.667. The lowest BCUT2D eigenvalue weighted by Gasteiger charge is -2.34. The Bertz CT molecular complexity index is 456. The minimum Gasteiger partial charge on any atom is -0.667 e. The van der Waals surface area contributed by atoms with Gasteiger partial charge in [0, 0.05) is 18.1 Å². The van der Waals surface area contributed by atoms with Crippen LogP contribution in [0.4, 0.5) is 0 Å². The third kappa shape index (κ3) is 3.97. The number of amides is 1. The second-order valence-corrected chi connectivity index (χ2v) is 6.10. The first-order chi connectivity index (χ1) is 9.58. The van der Waals surface area contributed by atoms with Gasteiger partial charge in [-0.05, 0) is 36.8 Å². The number of hydrogen-bond acceptors (Lipinski definition) is 1. The molecule has 1 heterocycles. The van der Waals surface area contributed by atoms with Crippen LogP contribution in [0.3, 0.4) is 0 Å². The maximum Gasteiger partial charge on any atom is 0.204 e. The fourth-order valence-electron chi connectivity index (χ4n) is 2.57. The van der Waals surface area contributed by atoms with E-state index in [0.29, 0.717) is 18.8 Å². The molecule has 2 rings (SSSR count). The summed E-state index contributed by atoms with van der Waals surface area (Å²) in [4.78, 5) is 14.1. The van der Waals surface area contributed by atoms with Crippen molar-refractivity contribution in [2.24, 2.45) is 5.92 Å². The molecule has 0 spiro atoms. The van der Waals surface area contributed by atoms with Crippen LogP contribution in [-0.2, 0) is 11.2 Å². The van der Waals surface area contributed by atoms with Crippen LogP contribution in [0.1, 0.15) is 31.7 Å². The number of piperidine rings is 1. The van der Waals surface area contributed by atoms with Crippen LogP contribution in [0.2, 0.25) is 5.02 Å². The molecular weight excluding hydrogens is 272 g/mol. The highest BCUT2D eigenvalue weighted by atomic mass is 35.5. The van der Waals surface area contributed by atoms with E-state index in [4.69, 9.17) is 17.3 Å². The number of aryl methyl sites for hydroxylation is 1. The van der Waals surface area contributed by atoms with E-state index in [1.165, 1.54) is 0 Å². The van der Waals surface area contributed by atoms with Gasteiger partial charge in [0.25, 0.3) is 0 Å².